The zero-order chi connectivity index (χ0) is 19.4. The molecule has 0 radical (unpaired) electrons. The average molecular weight is 389 g/mol. The van der Waals surface area contributed by atoms with Crippen LogP contribution in [0.15, 0.2) is 53.4 Å². The fraction of sp³-hybridized carbons (Fsp3) is 0.316. The third-order valence-electron chi connectivity index (χ3n) is 4.57. The van der Waals surface area contributed by atoms with Crippen LogP contribution in [0.2, 0.25) is 0 Å². The van der Waals surface area contributed by atoms with E-state index in [2.05, 4.69) is 26.3 Å². The number of hydrogen-bond donors (Lipinski definition) is 1. The molecule has 0 unspecified atom stereocenters. The molecule has 1 aliphatic rings. The van der Waals surface area contributed by atoms with Crippen LogP contribution in [0.5, 0.6) is 0 Å². The van der Waals surface area contributed by atoms with E-state index >= 15 is 0 Å². The molecule has 7 nitrogen and oxygen atoms in total. The van der Waals surface area contributed by atoms with Gasteiger partial charge in [0.2, 0.25) is 0 Å². The van der Waals surface area contributed by atoms with E-state index in [4.69, 9.17) is 0 Å². The van der Waals surface area contributed by atoms with Crippen molar-refractivity contribution in [3.63, 3.8) is 0 Å². The molecule has 0 bridgehead atoms. The van der Waals surface area contributed by atoms with Crippen molar-refractivity contribution >= 4 is 27.4 Å². The van der Waals surface area contributed by atoms with Gasteiger partial charge in [0.1, 0.15) is 4.90 Å². The zero-order valence-electron chi connectivity index (χ0n) is 15.4. The summed E-state index contributed by atoms with van der Waals surface area (Å²) in [6.07, 6.45) is 0. The number of nitrogens with zero attached hydrogens (tertiary/aromatic N) is 2. The molecule has 27 heavy (non-hydrogen) atoms. The van der Waals surface area contributed by atoms with E-state index in [0.717, 1.165) is 31.9 Å². The molecular weight excluding hydrogens is 366 g/mol. The van der Waals surface area contributed by atoms with Gasteiger partial charge in [-0.15, -0.1) is 0 Å². The third kappa shape index (κ3) is 4.40. The molecule has 1 saturated heterocycles. The van der Waals surface area contributed by atoms with Crippen molar-refractivity contribution in [3.05, 3.63) is 54.1 Å². The number of ether oxygens (including phenoxy) is 1. The number of esters is 1. The molecule has 0 aliphatic carbocycles. The summed E-state index contributed by atoms with van der Waals surface area (Å²) in [6, 6.07) is 13.2. The zero-order valence-corrected chi connectivity index (χ0v) is 16.2. The highest BCUT2D eigenvalue weighted by Crippen LogP contribution is 2.23. The Balaban J connectivity index is 1.78. The number of carbonyl (C=O) groups excluding carboxylic acids is 1. The lowest BCUT2D eigenvalue weighted by molar-refractivity contribution is 0.0596. The highest BCUT2D eigenvalue weighted by molar-refractivity contribution is 7.92. The normalized spacial score (nSPS) is 15.4. The fourth-order valence-electron chi connectivity index (χ4n) is 2.99. The number of hydrogen-bond acceptors (Lipinski definition) is 6. The van der Waals surface area contributed by atoms with Crippen LogP contribution in [0.1, 0.15) is 10.4 Å². The molecule has 1 N–H and O–H groups in total. The van der Waals surface area contributed by atoms with Crippen molar-refractivity contribution in [2.45, 2.75) is 4.90 Å². The lowest BCUT2D eigenvalue weighted by atomic mass is 10.2. The first kappa shape index (κ1) is 19.2. The molecule has 0 aromatic heterocycles. The van der Waals surface area contributed by atoms with Gasteiger partial charge in [-0.1, -0.05) is 12.1 Å². The summed E-state index contributed by atoms with van der Waals surface area (Å²) in [5.41, 5.74) is 1.50. The Labute approximate surface area is 159 Å². The van der Waals surface area contributed by atoms with Crippen molar-refractivity contribution in [1.29, 1.82) is 0 Å². The highest BCUT2D eigenvalue weighted by Gasteiger charge is 2.23. The van der Waals surface area contributed by atoms with Crippen LogP contribution in [0.25, 0.3) is 0 Å². The van der Waals surface area contributed by atoms with Gasteiger partial charge in [0.25, 0.3) is 10.0 Å². The molecule has 8 heteroatoms. The summed E-state index contributed by atoms with van der Waals surface area (Å²) in [5, 5.41) is 0. The number of nitrogens with one attached hydrogen (secondary N) is 1. The second kappa shape index (κ2) is 7.98. The number of piperazine rings is 1. The van der Waals surface area contributed by atoms with Crippen molar-refractivity contribution in [1.82, 2.24) is 4.90 Å². The van der Waals surface area contributed by atoms with Gasteiger partial charge in [-0.05, 0) is 43.4 Å². The van der Waals surface area contributed by atoms with Crippen LogP contribution < -0.4 is 9.62 Å². The van der Waals surface area contributed by atoms with Crippen molar-refractivity contribution in [3.8, 4) is 0 Å². The van der Waals surface area contributed by atoms with Crippen molar-refractivity contribution in [2.24, 2.45) is 0 Å². The number of likely N-dealkylation sites (N-methyl/N-ethyl adjacent to an activating group) is 1. The molecule has 1 heterocycles. The quantitative estimate of drug-likeness (QED) is 0.789. The minimum Gasteiger partial charge on any atom is -0.465 e. The maximum atomic E-state index is 12.7. The van der Waals surface area contributed by atoms with E-state index in [1.165, 1.54) is 19.2 Å². The summed E-state index contributed by atoms with van der Waals surface area (Å²) < 4.78 is 32.7. The molecular formula is C19H23N3O4S. The maximum absolute atomic E-state index is 12.7. The van der Waals surface area contributed by atoms with Gasteiger partial charge in [-0.3, -0.25) is 4.72 Å². The SMILES string of the molecule is COC(=O)c1ccccc1S(=O)(=O)Nc1ccc(N2CCN(C)CC2)cc1. The van der Waals surface area contributed by atoms with Crippen LogP contribution in [0.3, 0.4) is 0 Å². The second-order valence-corrected chi connectivity index (χ2v) is 8.08. The maximum Gasteiger partial charge on any atom is 0.339 e. The topological polar surface area (TPSA) is 78.9 Å². The van der Waals surface area contributed by atoms with E-state index in [1.54, 1.807) is 24.3 Å². The third-order valence-corrected chi connectivity index (χ3v) is 6.01. The Hall–Kier alpha value is -2.58. The Kier molecular flexibility index (Phi) is 5.67. The monoisotopic (exact) mass is 389 g/mol. The second-order valence-electron chi connectivity index (χ2n) is 6.43. The van der Waals surface area contributed by atoms with E-state index in [-0.39, 0.29) is 10.5 Å². The van der Waals surface area contributed by atoms with E-state index in [1.807, 2.05) is 12.1 Å². The molecule has 0 amide bonds. The Morgan fingerprint density at radius 3 is 2.26 bits per heavy atom. The van der Waals surface area contributed by atoms with Crippen LogP contribution >= 0.6 is 0 Å². The molecule has 3 rings (SSSR count). The fourth-order valence-corrected chi connectivity index (χ4v) is 4.25. The van der Waals surface area contributed by atoms with Crippen LogP contribution in [-0.4, -0.2) is 59.6 Å². The van der Waals surface area contributed by atoms with Gasteiger partial charge in [0.05, 0.1) is 12.7 Å². The first-order valence-corrected chi connectivity index (χ1v) is 10.1. The summed E-state index contributed by atoms with van der Waals surface area (Å²) >= 11 is 0. The first-order chi connectivity index (χ1) is 12.9. The number of rotatable bonds is 5. The van der Waals surface area contributed by atoms with Crippen molar-refractivity contribution < 1.29 is 17.9 Å². The van der Waals surface area contributed by atoms with E-state index in [9.17, 15) is 13.2 Å². The first-order valence-electron chi connectivity index (χ1n) is 8.64. The van der Waals surface area contributed by atoms with Crippen LogP contribution in [-0.2, 0) is 14.8 Å². The average Bonchev–Trinajstić information content (AvgIpc) is 2.68. The molecule has 2 aromatic carbocycles. The largest absolute Gasteiger partial charge is 0.465 e. The molecule has 1 aliphatic heterocycles. The van der Waals surface area contributed by atoms with Crippen LogP contribution in [0.4, 0.5) is 11.4 Å². The van der Waals surface area contributed by atoms with Gasteiger partial charge in [0, 0.05) is 37.6 Å². The van der Waals surface area contributed by atoms with Gasteiger partial charge in [-0.2, -0.15) is 0 Å². The Morgan fingerprint density at radius 2 is 1.63 bits per heavy atom. The highest BCUT2D eigenvalue weighted by atomic mass is 32.2. The smallest absolute Gasteiger partial charge is 0.339 e. The minimum atomic E-state index is -3.92. The Bertz CT molecular complexity index is 905. The number of sulfonamides is 1. The summed E-state index contributed by atoms with van der Waals surface area (Å²) in [7, 11) is -0.598. The number of carbonyl (C=O) groups is 1. The Morgan fingerprint density at radius 1 is 1.00 bits per heavy atom. The predicted octanol–water partition coefficient (Wildman–Crippen LogP) is 2.03. The van der Waals surface area contributed by atoms with Gasteiger partial charge >= 0.3 is 5.97 Å². The summed E-state index contributed by atoms with van der Waals surface area (Å²) in [5.74, 6) is -0.693. The number of anilines is 2. The number of benzene rings is 2. The molecule has 1 fully saturated rings. The summed E-state index contributed by atoms with van der Waals surface area (Å²) in [4.78, 5) is 16.3. The van der Waals surface area contributed by atoms with E-state index < -0.39 is 16.0 Å². The minimum absolute atomic E-state index is 0.00144. The van der Waals surface area contributed by atoms with Crippen LogP contribution in [0, 0.1) is 0 Å². The molecule has 0 saturated carbocycles. The van der Waals surface area contributed by atoms with Crippen molar-refractivity contribution in [2.75, 3.05) is 50.0 Å². The lowest BCUT2D eigenvalue weighted by Gasteiger charge is -2.34. The predicted molar refractivity (Wildman–Crippen MR) is 105 cm³/mol. The molecule has 2 aromatic rings. The van der Waals surface area contributed by atoms with Gasteiger partial charge in [0.15, 0.2) is 0 Å². The molecule has 0 spiro atoms. The summed E-state index contributed by atoms with van der Waals surface area (Å²) in [6.45, 7) is 3.87. The number of methoxy groups -OCH3 is 1. The van der Waals surface area contributed by atoms with Gasteiger partial charge < -0.3 is 14.5 Å². The lowest BCUT2D eigenvalue weighted by Crippen LogP contribution is -2.44. The standard InChI is InChI=1S/C19H23N3O4S/c1-21-11-13-22(14-12-21)16-9-7-15(8-10-16)20-27(24,25)18-6-4-3-5-17(18)19(23)26-2/h3-10,20H,11-14H2,1-2H3. The molecule has 0 atom stereocenters. The van der Waals surface area contributed by atoms with E-state index in [0.29, 0.717) is 5.69 Å². The molecule has 144 valence electrons. The van der Waals surface area contributed by atoms with Gasteiger partial charge in [-0.25, -0.2) is 13.2 Å².